The zero-order chi connectivity index (χ0) is 19.0. The monoisotopic (exact) mass is 396 g/mol. The van der Waals surface area contributed by atoms with E-state index < -0.39 is 12.0 Å². The van der Waals surface area contributed by atoms with Gasteiger partial charge in [-0.15, -0.1) is 11.3 Å². The number of thiazole rings is 1. The molecule has 1 atom stereocenters. The first-order valence-corrected chi connectivity index (χ1v) is 9.99. The van der Waals surface area contributed by atoms with Gasteiger partial charge in [0.15, 0.2) is 4.80 Å². The van der Waals surface area contributed by atoms with Crippen molar-refractivity contribution in [3.63, 3.8) is 0 Å². The van der Waals surface area contributed by atoms with Crippen molar-refractivity contribution in [1.29, 1.82) is 0 Å². The molecule has 3 heterocycles. The van der Waals surface area contributed by atoms with Crippen LogP contribution in [0.15, 0.2) is 68.9 Å². The van der Waals surface area contributed by atoms with Crippen LogP contribution in [0.1, 0.15) is 23.4 Å². The first-order chi connectivity index (χ1) is 13.1. The van der Waals surface area contributed by atoms with Crippen LogP contribution in [-0.4, -0.2) is 17.6 Å². The molecule has 0 unspecified atom stereocenters. The Bertz CT molecular complexity index is 1200. The quantitative estimate of drug-likeness (QED) is 0.639. The van der Waals surface area contributed by atoms with Gasteiger partial charge in [-0.2, -0.15) is 0 Å². The van der Waals surface area contributed by atoms with Crippen LogP contribution in [-0.2, 0) is 9.53 Å². The third-order valence-corrected chi connectivity index (χ3v) is 6.16. The summed E-state index contributed by atoms with van der Waals surface area (Å²) in [5.41, 5.74) is 1.64. The van der Waals surface area contributed by atoms with E-state index in [2.05, 4.69) is 4.99 Å². The predicted molar refractivity (Wildman–Crippen MR) is 107 cm³/mol. The average molecular weight is 396 g/mol. The number of aromatic nitrogens is 1. The van der Waals surface area contributed by atoms with Gasteiger partial charge in [0.2, 0.25) is 0 Å². The van der Waals surface area contributed by atoms with Crippen LogP contribution in [0.2, 0.25) is 0 Å². The molecule has 1 aliphatic heterocycles. The van der Waals surface area contributed by atoms with E-state index in [1.54, 1.807) is 22.8 Å². The number of carbonyl (C=O) groups excluding carboxylic acids is 1. The minimum absolute atomic E-state index is 0.157. The fourth-order valence-electron chi connectivity index (χ4n) is 3.15. The molecule has 2 aromatic heterocycles. The molecule has 5 nitrogen and oxygen atoms in total. The number of hydrogen-bond donors (Lipinski definition) is 0. The maximum absolute atomic E-state index is 13.2. The molecule has 27 heavy (non-hydrogen) atoms. The zero-order valence-corrected chi connectivity index (χ0v) is 16.3. The molecule has 1 aromatic carbocycles. The van der Waals surface area contributed by atoms with Gasteiger partial charge in [0.1, 0.15) is 0 Å². The Labute approximate surface area is 163 Å². The highest BCUT2D eigenvalue weighted by atomic mass is 32.1. The maximum Gasteiger partial charge on any atom is 0.338 e. The number of fused-ring (bicyclic) bond motifs is 1. The molecule has 0 saturated carbocycles. The predicted octanol–water partition coefficient (Wildman–Crippen LogP) is 2.47. The Morgan fingerprint density at radius 1 is 1.22 bits per heavy atom. The summed E-state index contributed by atoms with van der Waals surface area (Å²) < 4.78 is 7.17. The molecule has 136 valence electrons. The Hall–Kier alpha value is -2.77. The number of nitrogens with zero attached hydrogens (tertiary/aromatic N) is 2. The van der Waals surface area contributed by atoms with E-state index in [9.17, 15) is 9.59 Å². The van der Waals surface area contributed by atoms with Crippen LogP contribution >= 0.6 is 22.7 Å². The van der Waals surface area contributed by atoms with Gasteiger partial charge in [0.05, 0.1) is 29.0 Å². The van der Waals surface area contributed by atoms with Crippen LogP contribution < -0.4 is 14.9 Å². The third-order valence-electron chi connectivity index (χ3n) is 4.36. The molecule has 0 amide bonds. The summed E-state index contributed by atoms with van der Waals surface area (Å²) in [6.45, 7) is 1.78. The lowest BCUT2D eigenvalue weighted by molar-refractivity contribution is -0.136. The van der Waals surface area contributed by atoms with E-state index in [0.29, 0.717) is 20.6 Å². The van der Waals surface area contributed by atoms with Gasteiger partial charge in [-0.05, 0) is 30.0 Å². The number of hydrogen-bond acceptors (Lipinski definition) is 6. The summed E-state index contributed by atoms with van der Waals surface area (Å²) in [6, 6.07) is 12.8. The van der Waals surface area contributed by atoms with Crippen molar-refractivity contribution in [3.8, 4) is 0 Å². The molecule has 0 saturated heterocycles. The van der Waals surface area contributed by atoms with Crippen molar-refractivity contribution in [2.24, 2.45) is 4.99 Å². The average Bonchev–Trinajstić information content (AvgIpc) is 3.29. The van der Waals surface area contributed by atoms with E-state index >= 15 is 0 Å². The van der Waals surface area contributed by atoms with Crippen molar-refractivity contribution in [1.82, 2.24) is 4.57 Å². The first-order valence-electron chi connectivity index (χ1n) is 8.29. The third kappa shape index (κ3) is 3.09. The number of thiophene rings is 1. The second kappa shape index (κ2) is 7.09. The Kier molecular flexibility index (Phi) is 4.63. The Morgan fingerprint density at radius 3 is 2.67 bits per heavy atom. The molecular weight excluding hydrogens is 380 g/mol. The molecule has 0 radical (unpaired) electrons. The van der Waals surface area contributed by atoms with Crippen LogP contribution in [0.3, 0.4) is 0 Å². The molecule has 1 aliphatic rings. The number of esters is 1. The number of benzene rings is 1. The first kappa shape index (κ1) is 17.6. The number of allylic oxidation sites excluding steroid dienone is 1. The van der Waals surface area contributed by atoms with E-state index in [1.165, 1.54) is 18.4 Å². The molecule has 0 bridgehead atoms. The van der Waals surface area contributed by atoms with Crippen molar-refractivity contribution in [2.45, 2.75) is 13.0 Å². The SMILES string of the molecule is COC(=O)C1=C(C)N=c2sc(=Cc3cccs3)c(=O)n2[C@@H]1c1ccccc1. The highest BCUT2D eigenvalue weighted by Crippen LogP contribution is 2.30. The summed E-state index contributed by atoms with van der Waals surface area (Å²) >= 11 is 2.90. The smallest absolute Gasteiger partial charge is 0.338 e. The number of methoxy groups -OCH3 is 1. The molecule has 7 heteroatoms. The number of carbonyl (C=O) groups is 1. The molecule has 0 aliphatic carbocycles. The lowest BCUT2D eigenvalue weighted by atomic mass is 9.96. The van der Waals surface area contributed by atoms with Crippen molar-refractivity contribution >= 4 is 34.7 Å². The van der Waals surface area contributed by atoms with Crippen LogP contribution in [0.5, 0.6) is 0 Å². The molecular formula is C20H16N2O3S2. The van der Waals surface area contributed by atoms with E-state index in [-0.39, 0.29) is 5.56 Å². The second-order valence-corrected chi connectivity index (χ2v) is 7.99. The van der Waals surface area contributed by atoms with E-state index in [4.69, 9.17) is 4.74 Å². The van der Waals surface area contributed by atoms with E-state index in [0.717, 1.165) is 10.4 Å². The standard InChI is InChI=1S/C20H16N2O3S2/c1-12-16(19(24)25-2)17(13-7-4-3-5-8-13)22-18(23)15(27-20(22)21-12)11-14-9-6-10-26-14/h3-11,17H,1-2H3/t17-/m1/s1. The lowest BCUT2D eigenvalue weighted by Gasteiger charge is -2.24. The minimum atomic E-state index is -0.555. The van der Waals surface area contributed by atoms with E-state index in [1.807, 2.05) is 53.9 Å². The Morgan fingerprint density at radius 2 is 2.00 bits per heavy atom. The highest BCUT2D eigenvalue weighted by molar-refractivity contribution is 7.11. The van der Waals surface area contributed by atoms with Gasteiger partial charge < -0.3 is 4.74 Å². The second-order valence-electron chi connectivity index (χ2n) is 6.00. The summed E-state index contributed by atoms with van der Waals surface area (Å²) in [5, 5.41) is 1.97. The van der Waals surface area contributed by atoms with Crippen molar-refractivity contribution in [2.75, 3.05) is 7.11 Å². The lowest BCUT2D eigenvalue weighted by Crippen LogP contribution is -2.39. The fourth-order valence-corrected chi connectivity index (χ4v) is 4.92. The molecule has 0 spiro atoms. The van der Waals surface area contributed by atoms with Gasteiger partial charge >= 0.3 is 5.97 Å². The zero-order valence-electron chi connectivity index (χ0n) is 14.7. The van der Waals surface area contributed by atoms with Crippen molar-refractivity contribution in [3.05, 3.63) is 89.2 Å². The van der Waals surface area contributed by atoms with Gasteiger partial charge in [-0.3, -0.25) is 9.36 Å². The largest absolute Gasteiger partial charge is 0.466 e. The summed E-state index contributed by atoms with van der Waals surface area (Å²) in [7, 11) is 1.34. The van der Waals surface area contributed by atoms with Gasteiger partial charge in [-0.1, -0.05) is 47.7 Å². The minimum Gasteiger partial charge on any atom is -0.466 e. The fraction of sp³-hybridized carbons (Fsp3) is 0.150. The molecule has 3 aromatic rings. The number of ether oxygens (including phenoxy) is 1. The van der Waals surface area contributed by atoms with Crippen LogP contribution in [0, 0.1) is 0 Å². The summed E-state index contributed by atoms with van der Waals surface area (Å²) in [4.78, 5) is 31.8. The van der Waals surface area contributed by atoms with Crippen LogP contribution in [0.25, 0.3) is 6.08 Å². The van der Waals surface area contributed by atoms with Gasteiger partial charge in [-0.25, -0.2) is 9.79 Å². The summed E-state index contributed by atoms with van der Waals surface area (Å²) in [6.07, 6.45) is 1.87. The van der Waals surface area contributed by atoms with Crippen LogP contribution in [0.4, 0.5) is 0 Å². The Balaban J connectivity index is 2.00. The normalized spacial score (nSPS) is 16.8. The van der Waals surface area contributed by atoms with Crippen molar-refractivity contribution < 1.29 is 9.53 Å². The molecule has 4 rings (SSSR count). The highest BCUT2D eigenvalue weighted by Gasteiger charge is 2.32. The molecule has 0 fully saturated rings. The topological polar surface area (TPSA) is 60.7 Å². The number of rotatable bonds is 3. The molecule has 0 N–H and O–H groups in total. The summed E-state index contributed by atoms with van der Waals surface area (Å²) in [5.74, 6) is -0.474. The maximum atomic E-state index is 13.2. The van der Waals surface area contributed by atoms with Gasteiger partial charge in [0, 0.05) is 4.88 Å². The van der Waals surface area contributed by atoms with Gasteiger partial charge in [0.25, 0.3) is 5.56 Å².